The van der Waals surface area contributed by atoms with Crippen LogP contribution in [0.1, 0.15) is 44.1 Å². The minimum Gasteiger partial charge on any atom is -0.361 e. The van der Waals surface area contributed by atoms with Gasteiger partial charge in [-0.3, -0.25) is 0 Å². The van der Waals surface area contributed by atoms with E-state index in [9.17, 15) is 4.79 Å². The summed E-state index contributed by atoms with van der Waals surface area (Å²) in [6, 6.07) is 7.67. The van der Waals surface area contributed by atoms with E-state index in [0.717, 1.165) is 42.3 Å². The maximum absolute atomic E-state index is 13.2. The number of carbonyl (C=O) groups is 1. The third kappa shape index (κ3) is 2.87. The van der Waals surface area contributed by atoms with Crippen LogP contribution < -0.4 is 5.73 Å². The number of carbonyl (C=O) groups excluding carboxylic acids is 1. The number of amides is 1. The zero-order chi connectivity index (χ0) is 19.1. The summed E-state index contributed by atoms with van der Waals surface area (Å²) in [5, 5.41) is 1.16. The zero-order valence-corrected chi connectivity index (χ0v) is 16.3. The molecular weight excluding hydrogens is 346 g/mol. The molecule has 1 aromatic heterocycles. The molecule has 0 bridgehead atoms. The molecule has 5 rings (SSSR count). The Morgan fingerprint density at radius 1 is 1.25 bits per heavy atom. The number of nitrogens with two attached hydrogens (primary N) is 1. The normalized spacial score (nSPS) is 25.2. The van der Waals surface area contributed by atoms with Gasteiger partial charge in [0.05, 0.1) is 5.41 Å². The van der Waals surface area contributed by atoms with E-state index >= 15 is 0 Å². The van der Waals surface area contributed by atoms with Crippen molar-refractivity contribution >= 4 is 23.0 Å². The molecule has 1 amide bonds. The van der Waals surface area contributed by atoms with E-state index in [1.165, 1.54) is 24.8 Å². The summed E-state index contributed by atoms with van der Waals surface area (Å²) in [5.41, 5.74) is 11.8. The van der Waals surface area contributed by atoms with E-state index in [1.54, 1.807) is 5.57 Å². The molecule has 3 N–H and O–H groups in total. The number of nitrogens with zero attached hydrogens (tertiary/aromatic N) is 1. The highest BCUT2D eigenvalue weighted by molar-refractivity contribution is 5.85. The number of H-pyrrole nitrogens is 1. The maximum atomic E-state index is 13.2. The highest BCUT2D eigenvalue weighted by atomic mass is 16.2. The van der Waals surface area contributed by atoms with Gasteiger partial charge in [-0.05, 0) is 49.3 Å². The van der Waals surface area contributed by atoms with Crippen LogP contribution in [0, 0.1) is 5.41 Å². The van der Waals surface area contributed by atoms with E-state index in [2.05, 4.69) is 35.5 Å². The lowest BCUT2D eigenvalue weighted by molar-refractivity contribution is -0.455. The first kappa shape index (κ1) is 17.6. The van der Waals surface area contributed by atoms with Crippen LogP contribution in [-0.2, 0) is 11.2 Å². The topological polar surface area (TPSA) is 61.9 Å². The Morgan fingerprint density at radius 3 is 3.07 bits per heavy atom. The van der Waals surface area contributed by atoms with Gasteiger partial charge in [-0.15, -0.1) is 0 Å². The van der Waals surface area contributed by atoms with Crippen LogP contribution in [0.4, 0.5) is 0 Å². The van der Waals surface area contributed by atoms with Gasteiger partial charge in [-0.25, -0.2) is 4.79 Å². The summed E-state index contributed by atoms with van der Waals surface area (Å²) in [6.07, 6.45) is 16.2. The molecule has 4 heteroatoms. The molecule has 1 aliphatic heterocycles. The molecule has 0 radical (unpaired) electrons. The SMILES string of the molecule is N[C@H](Cc1c[nH]c2ccccc12)C(=O)[N+]1=CC2(CC=CC3=C2CCC3)CCC1. The van der Waals surface area contributed by atoms with Crippen molar-refractivity contribution in [3.8, 4) is 0 Å². The smallest absolute Gasteiger partial charge is 0.361 e. The largest absolute Gasteiger partial charge is 0.403 e. The highest BCUT2D eigenvalue weighted by Gasteiger charge is 2.44. The van der Waals surface area contributed by atoms with Gasteiger partial charge in [0.15, 0.2) is 12.8 Å². The molecule has 2 aromatic rings. The Morgan fingerprint density at radius 2 is 2.14 bits per heavy atom. The summed E-state index contributed by atoms with van der Waals surface area (Å²) < 4.78 is 1.94. The van der Waals surface area contributed by atoms with Gasteiger partial charge in [0.1, 0.15) is 6.04 Å². The molecule has 3 aliphatic rings. The second-order valence-electron chi connectivity index (χ2n) is 8.55. The molecule has 4 nitrogen and oxygen atoms in total. The van der Waals surface area contributed by atoms with Gasteiger partial charge in [0, 0.05) is 29.9 Å². The summed E-state index contributed by atoms with van der Waals surface area (Å²) in [4.78, 5) is 16.5. The van der Waals surface area contributed by atoms with Crippen molar-refractivity contribution in [2.75, 3.05) is 6.54 Å². The van der Waals surface area contributed by atoms with Crippen LogP contribution in [0.3, 0.4) is 0 Å². The molecule has 2 aliphatic carbocycles. The number of aromatic nitrogens is 1. The standard InChI is InChI=1S/C24H28N3O/c25-21(14-18-15-26-22-10-2-1-8-19(18)22)23(28)27-13-5-12-24(16-27)11-4-7-17-6-3-9-20(17)24/h1-2,4,7-8,10,15-16,21,26H,3,5-6,9,11-14,25H2/q+1/t21-,24?/m1/s1. The average Bonchev–Trinajstić information content (AvgIpc) is 3.36. The molecule has 1 aromatic carbocycles. The van der Waals surface area contributed by atoms with Crippen molar-refractivity contribution in [3.05, 3.63) is 59.3 Å². The average molecular weight is 375 g/mol. The van der Waals surface area contributed by atoms with Gasteiger partial charge in [0.25, 0.3) is 0 Å². The Balaban J connectivity index is 1.40. The van der Waals surface area contributed by atoms with Crippen molar-refractivity contribution < 1.29 is 9.37 Å². The predicted molar refractivity (Wildman–Crippen MR) is 112 cm³/mol. The van der Waals surface area contributed by atoms with Gasteiger partial charge in [-0.1, -0.05) is 35.9 Å². The Hall–Kier alpha value is -2.46. The third-order valence-corrected chi connectivity index (χ3v) is 6.80. The molecule has 0 saturated carbocycles. The van der Waals surface area contributed by atoms with Crippen LogP contribution >= 0.6 is 0 Å². The van der Waals surface area contributed by atoms with E-state index in [4.69, 9.17) is 5.73 Å². The number of hydrogen-bond donors (Lipinski definition) is 2. The fraction of sp³-hybridized carbons (Fsp3) is 0.417. The highest BCUT2D eigenvalue weighted by Crippen LogP contribution is 2.48. The van der Waals surface area contributed by atoms with Gasteiger partial charge >= 0.3 is 5.91 Å². The summed E-state index contributed by atoms with van der Waals surface area (Å²) in [7, 11) is 0. The van der Waals surface area contributed by atoms with E-state index in [1.807, 2.05) is 22.9 Å². The molecule has 1 spiro atoms. The number of aromatic amines is 1. The summed E-state index contributed by atoms with van der Waals surface area (Å²) in [5.74, 6) is 0.0547. The Labute approximate surface area is 165 Å². The number of fused-ring (bicyclic) bond motifs is 2. The fourth-order valence-electron chi connectivity index (χ4n) is 5.44. The fourth-order valence-corrected chi connectivity index (χ4v) is 5.44. The molecule has 2 heterocycles. The number of allylic oxidation sites excluding steroid dienone is 4. The zero-order valence-electron chi connectivity index (χ0n) is 16.3. The first-order chi connectivity index (χ1) is 13.7. The minimum absolute atomic E-state index is 0.0506. The summed E-state index contributed by atoms with van der Waals surface area (Å²) >= 11 is 0. The quantitative estimate of drug-likeness (QED) is 0.801. The van der Waals surface area contributed by atoms with Crippen molar-refractivity contribution in [2.24, 2.45) is 11.1 Å². The third-order valence-electron chi connectivity index (χ3n) is 6.80. The van der Waals surface area contributed by atoms with Gasteiger partial charge in [-0.2, -0.15) is 4.58 Å². The number of rotatable bonds is 3. The molecular formula is C24H28N3O+. The van der Waals surface area contributed by atoms with Crippen LogP contribution in [0.5, 0.6) is 0 Å². The lowest BCUT2D eigenvalue weighted by Gasteiger charge is -2.34. The molecule has 0 saturated heterocycles. The van der Waals surface area contributed by atoms with E-state index in [-0.39, 0.29) is 11.3 Å². The van der Waals surface area contributed by atoms with Gasteiger partial charge < -0.3 is 10.7 Å². The predicted octanol–water partition coefficient (Wildman–Crippen LogP) is 3.87. The number of hydrogen-bond acceptors (Lipinski definition) is 2. The molecule has 144 valence electrons. The van der Waals surface area contributed by atoms with Crippen molar-refractivity contribution in [1.29, 1.82) is 0 Å². The molecule has 2 atom stereocenters. The van der Waals surface area contributed by atoms with Crippen LogP contribution in [-0.4, -0.2) is 34.3 Å². The maximum Gasteiger partial charge on any atom is 0.403 e. The number of para-hydroxylation sites is 1. The van der Waals surface area contributed by atoms with Crippen LogP contribution in [0.2, 0.25) is 0 Å². The summed E-state index contributed by atoms with van der Waals surface area (Å²) in [6.45, 7) is 0.786. The van der Waals surface area contributed by atoms with Gasteiger partial charge in [0.2, 0.25) is 0 Å². The molecule has 1 unspecified atom stereocenters. The van der Waals surface area contributed by atoms with E-state index in [0.29, 0.717) is 6.42 Å². The lowest BCUT2D eigenvalue weighted by Crippen LogP contribution is -2.46. The van der Waals surface area contributed by atoms with Crippen molar-refractivity contribution in [2.45, 2.75) is 51.0 Å². The monoisotopic (exact) mass is 374 g/mol. The van der Waals surface area contributed by atoms with Crippen LogP contribution in [0.25, 0.3) is 10.9 Å². The minimum atomic E-state index is -0.512. The Kier molecular flexibility index (Phi) is 4.31. The second kappa shape index (κ2) is 6.85. The number of benzene rings is 1. The second-order valence-corrected chi connectivity index (χ2v) is 8.55. The molecule has 28 heavy (non-hydrogen) atoms. The van der Waals surface area contributed by atoms with E-state index < -0.39 is 6.04 Å². The number of nitrogens with one attached hydrogen (secondary N) is 1. The molecule has 0 fully saturated rings. The van der Waals surface area contributed by atoms with Crippen molar-refractivity contribution in [3.63, 3.8) is 0 Å². The van der Waals surface area contributed by atoms with Crippen molar-refractivity contribution in [1.82, 2.24) is 4.98 Å². The first-order valence-corrected chi connectivity index (χ1v) is 10.5. The Bertz CT molecular complexity index is 1030. The lowest BCUT2D eigenvalue weighted by atomic mass is 9.69. The first-order valence-electron chi connectivity index (χ1n) is 10.5. The van der Waals surface area contributed by atoms with Crippen LogP contribution in [0.15, 0.2) is 53.8 Å².